The van der Waals surface area contributed by atoms with Crippen LogP contribution < -0.4 is 0 Å². The topological polar surface area (TPSA) is 35.5 Å². The van der Waals surface area contributed by atoms with Crippen LogP contribution in [0.2, 0.25) is 0 Å². The summed E-state index contributed by atoms with van der Waals surface area (Å²) in [6.07, 6.45) is 7.72. The number of aryl methyl sites for hydroxylation is 1. The van der Waals surface area contributed by atoms with Gasteiger partial charge in [0.15, 0.2) is 0 Å². The molecule has 0 aliphatic heterocycles. The van der Waals surface area contributed by atoms with E-state index in [9.17, 15) is 4.79 Å². The van der Waals surface area contributed by atoms with Gasteiger partial charge in [-0.05, 0) is 62.1 Å². The molecule has 3 nitrogen and oxygen atoms in total. The Morgan fingerprint density at radius 1 is 1.14 bits per heavy atom. The van der Waals surface area contributed by atoms with E-state index in [0.717, 1.165) is 38.0 Å². The molecule has 0 heterocycles. The number of unbranched alkanes of at least 4 members (excludes halogenated alkanes) is 1. The zero-order valence-electron chi connectivity index (χ0n) is 13.1. The van der Waals surface area contributed by atoms with E-state index in [0.29, 0.717) is 5.56 Å². The molecule has 116 valence electrons. The number of hydrogen-bond acceptors (Lipinski definition) is 3. The predicted molar refractivity (Wildman–Crippen MR) is 83.0 cm³/mol. The number of carbonyl (C=O) groups excluding carboxylic acids is 1. The van der Waals surface area contributed by atoms with Crippen molar-refractivity contribution in [1.29, 1.82) is 0 Å². The van der Waals surface area contributed by atoms with Crippen LogP contribution in [-0.2, 0) is 16.2 Å². The zero-order valence-corrected chi connectivity index (χ0v) is 13.1. The number of hydrogen-bond donors (Lipinski definition) is 0. The Morgan fingerprint density at radius 3 is 2.43 bits per heavy atom. The van der Waals surface area contributed by atoms with Crippen LogP contribution in [0.5, 0.6) is 0 Å². The molecule has 3 heteroatoms. The van der Waals surface area contributed by atoms with Gasteiger partial charge in [0.25, 0.3) is 0 Å². The van der Waals surface area contributed by atoms with Crippen molar-refractivity contribution < 1.29 is 14.6 Å². The van der Waals surface area contributed by atoms with Crippen molar-refractivity contribution in [3.8, 4) is 0 Å². The molecule has 1 fully saturated rings. The molecule has 0 spiro atoms. The first-order valence-corrected chi connectivity index (χ1v) is 8.15. The standard InChI is InChI=1S/C18H26O3/c1-3-4-5-15-8-10-16(11-9-15)18(19)21-20-17-12-6-14(2)7-13-17/h8-11,14,17H,3-7,12-13H2,1-2H3. The molecule has 0 unspecified atom stereocenters. The number of rotatable bonds is 6. The summed E-state index contributed by atoms with van der Waals surface area (Å²) in [6.45, 7) is 4.43. The SMILES string of the molecule is CCCCc1ccc(C(=O)OOC2CCC(C)CC2)cc1. The van der Waals surface area contributed by atoms with E-state index in [1.807, 2.05) is 24.3 Å². The Hall–Kier alpha value is -1.35. The third-order valence-corrected chi connectivity index (χ3v) is 4.23. The van der Waals surface area contributed by atoms with Crippen molar-refractivity contribution >= 4 is 5.97 Å². The van der Waals surface area contributed by atoms with Gasteiger partial charge in [0.05, 0.1) is 5.56 Å². The van der Waals surface area contributed by atoms with E-state index < -0.39 is 5.97 Å². The van der Waals surface area contributed by atoms with Gasteiger partial charge in [-0.25, -0.2) is 4.79 Å². The van der Waals surface area contributed by atoms with Crippen LogP contribution in [0, 0.1) is 5.92 Å². The lowest BCUT2D eigenvalue weighted by molar-refractivity contribution is -0.280. The van der Waals surface area contributed by atoms with E-state index >= 15 is 0 Å². The van der Waals surface area contributed by atoms with E-state index in [-0.39, 0.29) is 6.10 Å². The minimum absolute atomic E-state index is 0.0639. The summed E-state index contributed by atoms with van der Waals surface area (Å²) < 4.78 is 0. The van der Waals surface area contributed by atoms with Crippen LogP contribution in [0.15, 0.2) is 24.3 Å². The normalized spacial score (nSPS) is 22.0. The fourth-order valence-corrected chi connectivity index (χ4v) is 2.67. The summed E-state index contributed by atoms with van der Waals surface area (Å²) >= 11 is 0. The lowest BCUT2D eigenvalue weighted by Gasteiger charge is -2.24. The van der Waals surface area contributed by atoms with E-state index in [4.69, 9.17) is 9.78 Å². The molecule has 0 saturated heterocycles. The predicted octanol–water partition coefficient (Wildman–Crippen LogP) is 4.70. The molecular formula is C18H26O3. The van der Waals surface area contributed by atoms with Crippen molar-refractivity contribution in [2.75, 3.05) is 0 Å². The third-order valence-electron chi connectivity index (χ3n) is 4.23. The molecule has 1 aromatic carbocycles. The highest BCUT2D eigenvalue weighted by Gasteiger charge is 2.21. The van der Waals surface area contributed by atoms with Crippen molar-refractivity contribution in [3.63, 3.8) is 0 Å². The lowest BCUT2D eigenvalue weighted by atomic mass is 9.89. The molecule has 1 saturated carbocycles. The highest BCUT2D eigenvalue weighted by molar-refractivity contribution is 5.88. The third kappa shape index (κ3) is 5.16. The molecule has 1 aliphatic carbocycles. The molecule has 0 atom stereocenters. The molecule has 21 heavy (non-hydrogen) atoms. The first kappa shape index (κ1) is 16.0. The van der Waals surface area contributed by atoms with E-state index in [1.54, 1.807) is 0 Å². The summed E-state index contributed by atoms with van der Waals surface area (Å²) in [6, 6.07) is 7.63. The minimum atomic E-state index is -0.393. The van der Waals surface area contributed by atoms with Crippen molar-refractivity contribution in [2.45, 2.75) is 64.9 Å². The van der Waals surface area contributed by atoms with Gasteiger partial charge < -0.3 is 0 Å². The molecule has 0 amide bonds. The smallest absolute Gasteiger partial charge is 0.293 e. The Morgan fingerprint density at radius 2 is 1.81 bits per heavy atom. The first-order valence-electron chi connectivity index (χ1n) is 8.15. The van der Waals surface area contributed by atoms with Crippen LogP contribution in [0.1, 0.15) is 68.3 Å². The van der Waals surface area contributed by atoms with Crippen LogP contribution >= 0.6 is 0 Å². The number of carbonyl (C=O) groups is 1. The van der Waals surface area contributed by atoms with Crippen LogP contribution in [-0.4, -0.2) is 12.1 Å². The summed E-state index contributed by atoms with van der Waals surface area (Å²) in [5.74, 6) is 0.367. The maximum atomic E-state index is 11.9. The average Bonchev–Trinajstić information content (AvgIpc) is 2.52. The van der Waals surface area contributed by atoms with E-state index in [1.165, 1.54) is 18.4 Å². The Labute approximate surface area is 127 Å². The van der Waals surface area contributed by atoms with Crippen molar-refractivity contribution in [3.05, 3.63) is 35.4 Å². The average molecular weight is 290 g/mol. The quantitative estimate of drug-likeness (QED) is 0.563. The minimum Gasteiger partial charge on any atom is -0.293 e. The van der Waals surface area contributed by atoms with Gasteiger partial charge in [-0.2, -0.15) is 4.89 Å². The van der Waals surface area contributed by atoms with Gasteiger partial charge in [0.1, 0.15) is 6.10 Å². The molecule has 0 bridgehead atoms. The van der Waals surface area contributed by atoms with Crippen molar-refractivity contribution in [1.82, 2.24) is 0 Å². The Bertz CT molecular complexity index is 430. The Kier molecular flexibility index (Phi) is 6.24. The molecule has 0 aromatic heterocycles. The number of benzene rings is 1. The maximum Gasteiger partial charge on any atom is 0.373 e. The monoisotopic (exact) mass is 290 g/mol. The van der Waals surface area contributed by atoms with E-state index in [2.05, 4.69) is 13.8 Å². The molecular weight excluding hydrogens is 264 g/mol. The van der Waals surface area contributed by atoms with Crippen molar-refractivity contribution in [2.24, 2.45) is 5.92 Å². The second-order valence-corrected chi connectivity index (χ2v) is 6.15. The Balaban J connectivity index is 1.77. The highest BCUT2D eigenvalue weighted by Crippen LogP contribution is 2.25. The highest BCUT2D eigenvalue weighted by atomic mass is 17.2. The van der Waals surface area contributed by atoms with Gasteiger partial charge in [-0.15, -0.1) is 0 Å². The first-order chi connectivity index (χ1) is 10.2. The molecule has 1 aliphatic rings. The largest absolute Gasteiger partial charge is 0.373 e. The molecule has 2 rings (SSSR count). The van der Waals surface area contributed by atoms with Gasteiger partial charge in [0.2, 0.25) is 0 Å². The fourth-order valence-electron chi connectivity index (χ4n) is 2.67. The second-order valence-electron chi connectivity index (χ2n) is 6.15. The lowest BCUT2D eigenvalue weighted by Crippen LogP contribution is -2.22. The molecule has 1 aromatic rings. The maximum absolute atomic E-state index is 11.9. The van der Waals surface area contributed by atoms with Crippen LogP contribution in [0.4, 0.5) is 0 Å². The van der Waals surface area contributed by atoms with Crippen LogP contribution in [0.3, 0.4) is 0 Å². The summed E-state index contributed by atoms with van der Waals surface area (Å²) in [7, 11) is 0. The zero-order chi connectivity index (χ0) is 15.1. The van der Waals surface area contributed by atoms with Gasteiger partial charge in [0, 0.05) is 0 Å². The van der Waals surface area contributed by atoms with Gasteiger partial charge in [-0.3, -0.25) is 4.89 Å². The summed E-state index contributed by atoms with van der Waals surface area (Å²) in [5.41, 5.74) is 1.81. The second kappa shape index (κ2) is 8.18. The fraction of sp³-hybridized carbons (Fsp3) is 0.611. The summed E-state index contributed by atoms with van der Waals surface area (Å²) in [4.78, 5) is 22.2. The van der Waals surface area contributed by atoms with Gasteiger partial charge >= 0.3 is 5.97 Å². The summed E-state index contributed by atoms with van der Waals surface area (Å²) in [5, 5.41) is 0. The molecule has 0 radical (unpaired) electrons. The van der Waals surface area contributed by atoms with Gasteiger partial charge in [-0.1, -0.05) is 32.4 Å². The van der Waals surface area contributed by atoms with Crippen LogP contribution in [0.25, 0.3) is 0 Å². The molecule has 0 N–H and O–H groups in total.